The van der Waals surface area contributed by atoms with Crippen LogP contribution in [0.4, 0.5) is 0 Å². The summed E-state index contributed by atoms with van der Waals surface area (Å²) in [7, 11) is 0. The highest BCUT2D eigenvalue weighted by atomic mass is 16.5. The maximum absolute atomic E-state index is 6.20. The first-order valence-electron chi connectivity index (χ1n) is 7.70. The van der Waals surface area contributed by atoms with Gasteiger partial charge in [0.2, 0.25) is 0 Å². The van der Waals surface area contributed by atoms with Crippen LogP contribution in [-0.4, -0.2) is 4.57 Å². The van der Waals surface area contributed by atoms with Gasteiger partial charge in [-0.15, -0.1) is 0 Å². The molecule has 2 heterocycles. The van der Waals surface area contributed by atoms with Gasteiger partial charge in [0, 0.05) is 10.8 Å². The fourth-order valence-corrected chi connectivity index (χ4v) is 3.48. The van der Waals surface area contributed by atoms with Crippen LogP contribution >= 0.6 is 0 Å². The van der Waals surface area contributed by atoms with E-state index in [1.54, 1.807) is 0 Å². The predicted molar refractivity (Wildman–Crippen MR) is 90.2 cm³/mol. The van der Waals surface area contributed by atoms with Crippen molar-refractivity contribution >= 4 is 21.8 Å². The van der Waals surface area contributed by atoms with Crippen LogP contribution in [0.3, 0.4) is 0 Å². The Labute approximate surface area is 128 Å². The normalized spacial score (nSPS) is 12.4. The molecule has 2 nitrogen and oxygen atoms in total. The standard InChI is InChI=1S/C20H15NO/c1-2-13-10-11-17-19(12-13)22-18-9-5-7-15-14-6-3-4-8-16(14)21(17)20(15)18/h3-12H,2H2,1H3. The van der Waals surface area contributed by atoms with E-state index >= 15 is 0 Å². The number of para-hydroxylation sites is 2. The third-order valence-corrected chi connectivity index (χ3v) is 4.55. The van der Waals surface area contributed by atoms with E-state index in [-0.39, 0.29) is 0 Å². The van der Waals surface area contributed by atoms with Gasteiger partial charge in [-0.25, -0.2) is 0 Å². The molecule has 1 aromatic heterocycles. The van der Waals surface area contributed by atoms with E-state index in [9.17, 15) is 0 Å². The van der Waals surface area contributed by atoms with Gasteiger partial charge >= 0.3 is 0 Å². The van der Waals surface area contributed by atoms with Crippen LogP contribution in [0, 0.1) is 0 Å². The van der Waals surface area contributed by atoms with E-state index in [0.29, 0.717) is 0 Å². The molecule has 1 aliphatic rings. The number of hydrogen-bond acceptors (Lipinski definition) is 1. The summed E-state index contributed by atoms with van der Waals surface area (Å²) in [6.45, 7) is 2.17. The van der Waals surface area contributed by atoms with Gasteiger partial charge in [-0.2, -0.15) is 0 Å². The number of rotatable bonds is 1. The molecule has 0 atom stereocenters. The average Bonchev–Trinajstić information content (AvgIpc) is 2.91. The van der Waals surface area contributed by atoms with Crippen molar-refractivity contribution in [2.75, 3.05) is 0 Å². The first kappa shape index (κ1) is 11.9. The Bertz CT molecular complexity index is 1040. The number of ether oxygens (including phenoxy) is 1. The van der Waals surface area contributed by atoms with E-state index < -0.39 is 0 Å². The Morgan fingerprint density at radius 1 is 0.864 bits per heavy atom. The van der Waals surface area contributed by atoms with Crippen molar-refractivity contribution in [1.29, 1.82) is 0 Å². The lowest BCUT2D eigenvalue weighted by atomic mass is 10.1. The Morgan fingerprint density at radius 3 is 2.64 bits per heavy atom. The Hall–Kier alpha value is -2.74. The molecule has 0 N–H and O–H groups in total. The van der Waals surface area contributed by atoms with E-state index in [1.165, 1.54) is 27.4 Å². The van der Waals surface area contributed by atoms with Crippen LogP contribution in [-0.2, 0) is 6.42 Å². The van der Waals surface area contributed by atoms with E-state index in [0.717, 1.165) is 23.6 Å². The number of fused-ring (bicyclic) bond motifs is 5. The zero-order chi connectivity index (χ0) is 14.7. The maximum Gasteiger partial charge on any atom is 0.152 e. The number of aromatic nitrogens is 1. The quantitative estimate of drug-likeness (QED) is 0.399. The molecule has 4 aromatic rings. The van der Waals surface area contributed by atoms with Crippen molar-refractivity contribution in [3.8, 4) is 17.2 Å². The monoisotopic (exact) mass is 285 g/mol. The molecule has 106 valence electrons. The van der Waals surface area contributed by atoms with Crippen LogP contribution in [0.15, 0.2) is 60.7 Å². The zero-order valence-electron chi connectivity index (χ0n) is 12.3. The van der Waals surface area contributed by atoms with Gasteiger partial charge in [0.25, 0.3) is 0 Å². The lowest BCUT2D eigenvalue weighted by Crippen LogP contribution is -2.04. The highest BCUT2D eigenvalue weighted by Crippen LogP contribution is 2.45. The molecule has 0 bridgehead atoms. The lowest BCUT2D eigenvalue weighted by molar-refractivity contribution is 0.475. The molecule has 0 saturated carbocycles. The maximum atomic E-state index is 6.20. The van der Waals surface area contributed by atoms with Gasteiger partial charge in [-0.3, -0.25) is 0 Å². The second kappa shape index (κ2) is 4.14. The summed E-state index contributed by atoms with van der Waals surface area (Å²) in [5.74, 6) is 1.88. The van der Waals surface area contributed by atoms with Crippen molar-refractivity contribution < 1.29 is 4.74 Å². The van der Waals surface area contributed by atoms with Crippen LogP contribution in [0.25, 0.3) is 27.5 Å². The second-order valence-electron chi connectivity index (χ2n) is 5.76. The van der Waals surface area contributed by atoms with Crippen LogP contribution < -0.4 is 4.74 Å². The molecule has 0 aliphatic carbocycles. The van der Waals surface area contributed by atoms with Crippen LogP contribution in [0.5, 0.6) is 11.5 Å². The molecule has 0 amide bonds. The number of benzene rings is 3. The van der Waals surface area contributed by atoms with E-state index in [1.807, 2.05) is 0 Å². The molecular formula is C20H15NO. The van der Waals surface area contributed by atoms with Crippen molar-refractivity contribution in [3.05, 3.63) is 66.2 Å². The first-order chi connectivity index (χ1) is 10.9. The lowest BCUT2D eigenvalue weighted by Gasteiger charge is -2.21. The number of nitrogens with zero attached hydrogens (tertiary/aromatic N) is 1. The van der Waals surface area contributed by atoms with Gasteiger partial charge in [0.15, 0.2) is 11.5 Å². The predicted octanol–water partition coefficient (Wildman–Crippen LogP) is 5.45. The fraction of sp³-hybridized carbons (Fsp3) is 0.100. The van der Waals surface area contributed by atoms with Gasteiger partial charge in [0.1, 0.15) is 0 Å². The molecule has 1 aliphatic heterocycles. The van der Waals surface area contributed by atoms with Crippen LogP contribution in [0.2, 0.25) is 0 Å². The SMILES string of the molecule is CCc1ccc2c(c1)Oc1cccc3c4ccccc4n-2c13. The van der Waals surface area contributed by atoms with Crippen molar-refractivity contribution in [2.45, 2.75) is 13.3 Å². The Kier molecular flexibility index (Phi) is 2.23. The summed E-state index contributed by atoms with van der Waals surface area (Å²) in [5, 5.41) is 2.52. The molecule has 2 heteroatoms. The molecule has 5 rings (SSSR count). The molecule has 0 unspecified atom stereocenters. The minimum atomic E-state index is 0.939. The summed E-state index contributed by atoms with van der Waals surface area (Å²) in [4.78, 5) is 0. The van der Waals surface area contributed by atoms with Crippen molar-refractivity contribution in [3.63, 3.8) is 0 Å². The van der Waals surface area contributed by atoms with Gasteiger partial charge in [0.05, 0.1) is 16.7 Å². The summed E-state index contributed by atoms with van der Waals surface area (Å²) in [6, 6.07) is 21.4. The molecule has 22 heavy (non-hydrogen) atoms. The highest BCUT2D eigenvalue weighted by Gasteiger charge is 2.23. The summed E-state index contributed by atoms with van der Waals surface area (Å²) in [6.07, 6.45) is 1.01. The topological polar surface area (TPSA) is 14.2 Å². The molecule has 0 radical (unpaired) electrons. The number of aryl methyl sites for hydroxylation is 1. The van der Waals surface area contributed by atoms with E-state index in [4.69, 9.17) is 4.74 Å². The van der Waals surface area contributed by atoms with Crippen molar-refractivity contribution in [2.24, 2.45) is 0 Å². The van der Waals surface area contributed by atoms with Gasteiger partial charge in [-0.1, -0.05) is 43.3 Å². The molecule has 0 saturated heterocycles. The van der Waals surface area contributed by atoms with Gasteiger partial charge < -0.3 is 9.30 Å². The second-order valence-corrected chi connectivity index (χ2v) is 5.76. The van der Waals surface area contributed by atoms with E-state index in [2.05, 4.69) is 72.2 Å². The molecule has 3 aromatic carbocycles. The minimum Gasteiger partial charge on any atom is -0.453 e. The Morgan fingerprint density at radius 2 is 1.73 bits per heavy atom. The third-order valence-electron chi connectivity index (χ3n) is 4.55. The summed E-state index contributed by atoms with van der Waals surface area (Å²) in [5.41, 5.74) is 4.83. The van der Waals surface area contributed by atoms with Gasteiger partial charge in [-0.05, 0) is 36.2 Å². The molecular weight excluding hydrogens is 270 g/mol. The Balaban J connectivity index is 2.00. The van der Waals surface area contributed by atoms with Crippen molar-refractivity contribution in [1.82, 2.24) is 4.57 Å². The summed E-state index contributed by atoms with van der Waals surface area (Å²) >= 11 is 0. The smallest absolute Gasteiger partial charge is 0.152 e. The molecule has 0 fully saturated rings. The minimum absolute atomic E-state index is 0.939. The average molecular weight is 285 g/mol. The van der Waals surface area contributed by atoms with Crippen LogP contribution in [0.1, 0.15) is 12.5 Å². The zero-order valence-corrected chi connectivity index (χ0v) is 12.3. The highest BCUT2D eigenvalue weighted by molar-refractivity contribution is 6.12. The summed E-state index contributed by atoms with van der Waals surface area (Å²) < 4.78 is 8.53. The first-order valence-corrected chi connectivity index (χ1v) is 7.70. The third kappa shape index (κ3) is 1.39. The molecule has 0 spiro atoms. The largest absolute Gasteiger partial charge is 0.453 e. The number of hydrogen-bond donors (Lipinski definition) is 0. The fourth-order valence-electron chi connectivity index (χ4n) is 3.48.